The number of anilines is 2. The van der Waals surface area contributed by atoms with Gasteiger partial charge >= 0.3 is 0 Å². The number of nitrogens with zero attached hydrogens (tertiary/aromatic N) is 2. The van der Waals surface area contributed by atoms with Crippen LogP contribution >= 0.6 is 0 Å². The SMILES string of the molecule is Cc1cccc(CNc2cc(C(N)=O)c(N)cn2)n1. The minimum Gasteiger partial charge on any atom is -0.397 e. The van der Waals surface area contributed by atoms with Crippen LogP contribution in [0.4, 0.5) is 11.5 Å². The molecule has 0 aliphatic carbocycles. The van der Waals surface area contributed by atoms with Gasteiger partial charge in [-0.25, -0.2) is 4.98 Å². The van der Waals surface area contributed by atoms with Crippen LogP contribution in [0.25, 0.3) is 0 Å². The molecule has 2 aromatic heterocycles. The van der Waals surface area contributed by atoms with Gasteiger partial charge in [0.2, 0.25) is 0 Å². The second-order valence-corrected chi connectivity index (χ2v) is 4.14. The average Bonchev–Trinajstić information content (AvgIpc) is 2.37. The summed E-state index contributed by atoms with van der Waals surface area (Å²) in [7, 11) is 0. The lowest BCUT2D eigenvalue weighted by molar-refractivity contribution is 0.100. The van der Waals surface area contributed by atoms with Gasteiger partial charge in [-0.2, -0.15) is 0 Å². The minimum absolute atomic E-state index is 0.259. The molecule has 5 N–H and O–H groups in total. The van der Waals surface area contributed by atoms with Gasteiger partial charge in [0.05, 0.1) is 29.7 Å². The lowest BCUT2D eigenvalue weighted by Gasteiger charge is -2.08. The van der Waals surface area contributed by atoms with Crippen molar-refractivity contribution in [1.82, 2.24) is 9.97 Å². The Hall–Kier alpha value is -2.63. The zero-order chi connectivity index (χ0) is 13.8. The van der Waals surface area contributed by atoms with Gasteiger partial charge in [0.15, 0.2) is 0 Å². The van der Waals surface area contributed by atoms with E-state index in [4.69, 9.17) is 11.5 Å². The largest absolute Gasteiger partial charge is 0.397 e. The molecular formula is C13H15N5O. The van der Waals surface area contributed by atoms with Crippen LogP contribution in [-0.2, 0) is 6.54 Å². The van der Waals surface area contributed by atoms with E-state index in [1.165, 1.54) is 12.3 Å². The van der Waals surface area contributed by atoms with Crippen LogP contribution in [0.15, 0.2) is 30.5 Å². The number of nitrogen functional groups attached to an aromatic ring is 1. The Bertz CT molecular complexity index is 612. The molecular weight excluding hydrogens is 242 g/mol. The molecule has 0 saturated carbocycles. The molecule has 19 heavy (non-hydrogen) atoms. The maximum Gasteiger partial charge on any atom is 0.250 e. The number of nitrogens with one attached hydrogen (secondary N) is 1. The van der Waals surface area contributed by atoms with E-state index >= 15 is 0 Å². The third-order valence-electron chi connectivity index (χ3n) is 2.60. The topological polar surface area (TPSA) is 107 Å². The fourth-order valence-corrected chi connectivity index (χ4v) is 1.66. The summed E-state index contributed by atoms with van der Waals surface area (Å²) >= 11 is 0. The Morgan fingerprint density at radius 1 is 1.42 bits per heavy atom. The van der Waals surface area contributed by atoms with Crippen LogP contribution in [0.3, 0.4) is 0 Å². The van der Waals surface area contributed by atoms with Crippen molar-refractivity contribution in [3.8, 4) is 0 Å². The molecule has 2 aromatic rings. The number of hydrogen-bond donors (Lipinski definition) is 3. The fraction of sp³-hybridized carbons (Fsp3) is 0.154. The predicted octanol–water partition coefficient (Wildman–Crippen LogP) is 1.08. The maximum atomic E-state index is 11.2. The van der Waals surface area contributed by atoms with Crippen molar-refractivity contribution in [3.63, 3.8) is 0 Å². The first-order valence-corrected chi connectivity index (χ1v) is 5.78. The van der Waals surface area contributed by atoms with E-state index in [0.717, 1.165) is 11.4 Å². The highest BCUT2D eigenvalue weighted by molar-refractivity contribution is 5.98. The molecule has 0 fully saturated rings. The summed E-state index contributed by atoms with van der Waals surface area (Å²) in [5.74, 6) is -0.0389. The monoisotopic (exact) mass is 257 g/mol. The molecule has 98 valence electrons. The number of carbonyl (C=O) groups excluding carboxylic acids is 1. The molecule has 0 aliphatic heterocycles. The smallest absolute Gasteiger partial charge is 0.250 e. The predicted molar refractivity (Wildman–Crippen MR) is 73.5 cm³/mol. The second kappa shape index (κ2) is 5.34. The standard InChI is InChI=1S/C13H15N5O/c1-8-3-2-4-9(18-8)6-16-12-5-10(13(15)19)11(14)7-17-12/h2-5,7H,6,14H2,1H3,(H2,15,19)(H,16,17). The number of primary amides is 1. The number of amides is 1. The summed E-state index contributed by atoms with van der Waals surface area (Å²) in [6.07, 6.45) is 1.41. The first-order chi connectivity index (χ1) is 9.06. The van der Waals surface area contributed by atoms with Gasteiger partial charge in [-0.05, 0) is 25.1 Å². The van der Waals surface area contributed by atoms with Gasteiger partial charge in [0.1, 0.15) is 5.82 Å². The third-order valence-corrected chi connectivity index (χ3v) is 2.60. The summed E-state index contributed by atoms with van der Waals surface area (Å²) in [5, 5.41) is 3.07. The van der Waals surface area contributed by atoms with E-state index in [2.05, 4.69) is 15.3 Å². The van der Waals surface area contributed by atoms with Gasteiger partial charge in [-0.3, -0.25) is 9.78 Å². The molecule has 0 aromatic carbocycles. The Morgan fingerprint density at radius 2 is 2.21 bits per heavy atom. The van der Waals surface area contributed by atoms with Crippen LogP contribution in [0.5, 0.6) is 0 Å². The summed E-state index contributed by atoms with van der Waals surface area (Å²) in [6.45, 7) is 2.44. The van der Waals surface area contributed by atoms with E-state index in [0.29, 0.717) is 12.4 Å². The van der Waals surface area contributed by atoms with E-state index < -0.39 is 5.91 Å². The number of hydrogen-bond acceptors (Lipinski definition) is 5. The zero-order valence-corrected chi connectivity index (χ0v) is 10.6. The first kappa shape index (κ1) is 12.8. The van der Waals surface area contributed by atoms with Crippen LogP contribution in [0.2, 0.25) is 0 Å². The molecule has 0 saturated heterocycles. The Morgan fingerprint density at radius 3 is 2.89 bits per heavy atom. The summed E-state index contributed by atoms with van der Waals surface area (Å²) in [5.41, 5.74) is 13.2. The van der Waals surface area contributed by atoms with Gasteiger partial charge in [0, 0.05) is 5.69 Å². The summed E-state index contributed by atoms with van der Waals surface area (Å²) in [4.78, 5) is 19.6. The van der Waals surface area contributed by atoms with Crippen molar-refractivity contribution in [2.75, 3.05) is 11.1 Å². The first-order valence-electron chi connectivity index (χ1n) is 5.78. The van der Waals surface area contributed by atoms with Crippen molar-refractivity contribution >= 4 is 17.4 Å². The zero-order valence-electron chi connectivity index (χ0n) is 10.6. The Kier molecular flexibility index (Phi) is 3.61. The van der Waals surface area contributed by atoms with Gasteiger partial charge < -0.3 is 16.8 Å². The van der Waals surface area contributed by atoms with Crippen molar-refractivity contribution in [2.24, 2.45) is 5.73 Å². The van der Waals surface area contributed by atoms with Crippen LogP contribution in [0, 0.1) is 6.92 Å². The van der Waals surface area contributed by atoms with Crippen molar-refractivity contribution in [1.29, 1.82) is 0 Å². The highest BCUT2D eigenvalue weighted by atomic mass is 16.1. The lowest BCUT2D eigenvalue weighted by Crippen LogP contribution is -2.14. The third kappa shape index (κ3) is 3.19. The highest BCUT2D eigenvalue weighted by Gasteiger charge is 2.07. The molecule has 0 atom stereocenters. The van der Waals surface area contributed by atoms with Crippen molar-refractivity contribution in [2.45, 2.75) is 13.5 Å². The van der Waals surface area contributed by atoms with E-state index in [9.17, 15) is 4.79 Å². The van der Waals surface area contributed by atoms with Crippen molar-refractivity contribution in [3.05, 3.63) is 47.4 Å². The molecule has 2 rings (SSSR count). The molecule has 1 amide bonds. The molecule has 2 heterocycles. The van der Waals surface area contributed by atoms with E-state index in [1.807, 2.05) is 25.1 Å². The van der Waals surface area contributed by atoms with Gasteiger partial charge in [0.25, 0.3) is 5.91 Å². The maximum absolute atomic E-state index is 11.2. The number of aryl methyl sites for hydroxylation is 1. The molecule has 0 unspecified atom stereocenters. The van der Waals surface area contributed by atoms with Crippen LogP contribution in [-0.4, -0.2) is 15.9 Å². The molecule has 0 spiro atoms. The van der Waals surface area contributed by atoms with Crippen molar-refractivity contribution < 1.29 is 4.79 Å². The summed E-state index contributed by atoms with van der Waals surface area (Å²) < 4.78 is 0. The second-order valence-electron chi connectivity index (χ2n) is 4.14. The highest BCUT2D eigenvalue weighted by Crippen LogP contribution is 2.14. The number of pyridine rings is 2. The van der Waals surface area contributed by atoms with Crippen LogP contribution in [0.1, 0.15) is 21.7 Å². The molecule has 0 radical (unpaired) electrons. The van der Waals surface area contributed by atoms with Crippen LogP contribution < -0.4 is 16.8 Å². The summed E-state index contributed by atoms with van der Waals surface area (Å²) in [6, 6.07) is 7.31. The Labute approximate surface area is 110 Å². The van der Waals surface area contributed by atoms with Gasteiger partial charge in [-0.15, -0.1) is 0 Å². The molecule has 6 nitrogen and oxygen atoms in total. The molecule has 6 heteroatoms. The van der Waals surface area contributed by atoms with E-state index in [1.54, 1.807) is 0 Å². The van der Waals surface area contributed by atoms with E-state index in [-0.39, 0.29) is 11.3 Å². The number of rotatable bonds is 4. The Balaban J connectivity index is 2.12. The van der Waals surface area contributed by atoms with Gasteiger partial charge in [-0.1, -0.05) is 6.07 Å². The number of aromatic nitrogens is 2. The normalized spacial score (nSPS) is 10.2. The lowest BCUT2D eigenvalue weighted by atomic mass is 10.2. The average molecular weight is 257 g/mol. The molecule has 0 aliphatic rings. The molecule has 0 bridgehead atoms. The quantitative estimate of drug-likeness (QED) is 0.759. The fourth-order valence-electron chi connectivity index (χ4n) is 1.66. The minimum atomic E-state index is -0.573. The number of carbonyl (C=O) groups is 1. The number of nitrogens with two attached hydrogens (primary N) is 2.